The van der Waals surface area contributed by atoms with E-state index in [1.807, 2.05) is 29.2 Å². The molecule has 0 aliphatic carbocycles. The zero-order chi connectivity index (χ0) is 19.5. The van der Waals surface area contributed by atoms with E-state index >= 15 is 0 Å². The van der Waals surface area contributed by atoms with Gasteiger partial charge < -0.3 is 24.6 Å². The van der Waals surface area contributed by atoms with E-state index in [0.717, 1.165) is 23.7 Å². The average molecular weight is 398 g/mol. The molecule has 7 nitrogen and oxygen atoms in total. The molecule has 0 radical (unpaired) electrons. The van der Waals surface area contributed by atoms with E-state index in [0.29, 0.717) is 30.3 Å². The molecule has 1 saturated heterocycles. The van der Waals surface area contributed by atoms with E-state index in [1.54, 1.807) is 37.7 Å². The number of methoxy groups -OCH3 is 2. The molecule has 0 saturated carbocycles. The van der Waals surface area contributed by atoms with Crippen LogP contribution >= 0.6 is 11.3 Å². The van der Waals surface area contributed by atoms with Crippen molar-refractivity contribution in [3.8, 4) is 11.5 Å². The lowest BCUT2D eigenvalue weighted by Gasteiger charge is -2.34. The zero-order valence-corrected chi connectivity index (χ0v) is 16.7. The van der Waals surface area contributed by atoms with Crippen LogP contribution in [0.25, 0.3) is 10.2 Å². The molecular weight excluding hydrogens is 376 g/mol. The number of amides is 2. The van der Waals surface area contributed by atoms with Crippen LogP contribution in [0.15, 0.2) is 42.5 Å². The van der Waals surface area contributed by atoms with Gasteiger partial charge in [0, 0.05) is 26.2 Å². The number of thiazole rings is 1. The molecule has 1 aromatic heterocycles. The van der Waals surface area contributed by atoms with Crippen molar-refractivity contribution in [3.05, 3.63) is 42.5 Å². The maximum absolute atomic E-state index is 12.7. The summed E-state index contributed by atoms with van der Waals surface area (Å²) >= 11 is 1.69. The van der Waals surface area contributed by atoms with Crippen molar-refractivity contribution in [2.75, 3.05) is 50.6 Å². The Morgan fingerprint density at radius 2 is 1.82 bits per heavy atom. The maximum Gasteiger partial charge on any atom is 0.322 e. The molecule has 2 heterocycles. The summed E-state index contributed by atoms with van der Waals surface area (Å²) in [5.41, 5.74) is 1.62. The van der Waals surface area contributed by atoms with Crippen LogP contribution in [0.3, 0.4) is 0 Å². The molecule has 0 atom stereocenters. The van der Waals surface area contributed by atoms with E-state index in [9.17, 15) is 4.79 Å². The highest BCUT2D eigenvalue weighted by atomic mass is 32.1. The Balaban J connectivity index is 1.40. The molecule has 28 heavy (non-hydrogen) atoms. The number of rotatable bonds is 4. The summed E-state index contributed by atoms with van der Waals surface area (Å²) in [5.74, 6) is 1.10. The minimum Gasteiger partial charge on any atom is -0.493 e. The lowest BCUT2D eigenvalue weighted by Crippen LogP contribution is -2.50. The average Bonchev–Trinajstić information content (AvgIpc) is 3.18. The molecule has 146 valence electrons. The number of benzene rings is 2. The molecule has 0 bridgehead atoms. The predicted molar refractivity (Wildman–Crippen MR) is 112 cm³/mol. The second-order valence-electron chi connectivity index (χ2n) is 6.41. The number of hydrogen-bond acceptors (Lipinski definition) is 6. The standard InChI is InChI=1S/C20H22N4O3S/c1-26-16-8-5-7-15(18(16)27-2)21-19(25)23-10-12-24(13-11-23)20-22-14-6-3-4-9-17(14)28-20/h3-9H,10-13H2,1-2H3,(H,21,25). The number of para-hydroxylation sites is 2. The summed E-state index contributed by atoms with van der Waals surface area (Å²) in [5, 5.41) is 3.94. The minimum absolute atomic E-state index is 0.143. The number of nitrogens with zero attached hydrogens (tertiary/aromatic N) is 3. The first-order chi connectivity index (χ1) is 13.7. The zero-order valence-electron chi connectivity index (χ0n) is 15.8. The van der Waals surface area contributed by atoms with E-state index in [-0.39, 0.29) is 6.03 Å². The Bertz CT molecular complexity index is 949. The number of carbonyl (C=O) groups is 1. The van der Waals surface area contributed by atoms with Gasteiger partial charge in [-0.05, 0) is 24.3 Å². The molecule has 4 rings (SSSR count). The molecule has 3 aromatic rings. The van der Waals surface area contributed by atoms with Gasteiger partial charge in [0.1, 0.15) is 0 Å². The number of fused-ring (bicyclic) bond motifs is 1. The topological polar surface area (TPSA) is 66.9 Å². The summed E-state index contributed by atoms with van der Waals surface area (Å²) in [4.78, 5) is 21.5. The first-order valence-electron chi connectivity index (χ1n) is 9.07. The largest absolute Gasteiger partial charge is 0.493 e. The summed E-state index contributed by atoms with van der Waals surface area (Å²) in [7, 11) is 3.13. The second kappa shape index (κ2) is 7.93. The van der Waals surface area contributed by atoms with Crippen LogP contribution in [0.4, 0.5) is 15.6 Å². The van der Waals surface area contributed by atoms with Crippen LogP contribution in [-0.2, 0) is 0 Å². The Kier molecular flexibility index (Phi) is 5.21. The number of ether oxygens (including phenoxy) is 2. The van der Waals surface area contributed by atoms with Crippen molar-refractivity contribution in [1.82, 2.24) is 9.88 Å². The number of urea groups is 1. The summed E-state index contributed by atoms with van der Waals surface area (Å²) in [6, 6.07) is 13.4. The molecule has 1 aliphatic rings. The highest BCUT2D eigenvalue weighted by molar-refractivity contribution is 7.22. The number of aromatic nitrogens is 1. The molecular formula is C20H22N4O3S. The number of nitrogens with one attached hydrogen (secondary N) is 1. The highest BCUT2D eigenvalue weighted by Crippen LogP contribution is 2.35. The van der Waals surface area contributed by atoms with Gasteiger partial charge in [0.05, 0.1) is 30.1 Å². The van der Waals surface area contributed by atoms with Crippen molar-refractivity contribution < 1.29 is 14.3 Å². The second-order valence-corrected chi connectivity index (χ2v) is 7.42. The Hall–Kier alpha value is -3.00. The van der Waals surface area contributed by atoms with Gasteiger partial charge in [0.15, 0.2) is 16.6 Å². The van der Waals surface area contributed by atoms with Gasteiger partial charge in [-0.2, -0.15) is 0 Å². The fourth-order valence-corrected chi connectivity index (χ4v) is 4.29. The van der Waals surface area contributed by atoms with E-state index < -0.39 is 0 Å². The Labute approximate surface area is 167 Å². The molecule has 2 aromatic carbocycles. The summed E-state index contributed by atoms with van der Waals surface area (Å²) in [6.45, 7) is 2.77. The van der Waals surface area contributed by atoms with Gasteiger partial charge in [0.2, 0.25) is 0 Å². The smallest absolute Gasteiger partial charge is 0.322 e. The van der Waals surface area contributed by atoms with Gasteiger partial charge in [-0.1, -0.05) is 29.5 Å². The summed E-state index contributed by atoms with van der Waals surface area (Å²) in [6.07, 6.45) is 0. The number of anilines is 2. The molecule has 0 unspecified atom stereocenters. The monoisotopic (exact) mass is 398 g/mol. The van der Waals surface area contributed by atoms with Crippen molar-refractivity contribution in [1.29, 1.82) is 0 Å². The third-order valence-electron chi connectivity index (χ3n) is 4.76. The molecule has 2 amide bonds. The first kappa shape index (κ1) is 18.4. The quantitative estimate of drug-likeness (QED) is 0.726. The number of carbonyl (C=O) groups excluding carboxylic acids is 1. The van der Waals surface area contributed by atoms with Crippen molar-refractivity contribution in [2.45, 2.75) is 0 Å². The fraction of sp³-hybridized carbons (Fsp3) is 0.300. The van der Waals surface area contributed by atoms with Gasteiger partial charge >= 0.3 is 6.03 Å². The van der Waals surface area contributed by atoms with Crippen LogP contribution < -0.4 is 19.7 Å². The third-order valence-corrected chi connectivity index (χ3v) is 5.86. The maximum atomic E-state index is 12.7. The van der Waals surface area contributed by atoms with Crippen molar-refractivity contribution in [3.63, 3.8) is 0 Å². The van der Waals surface area contributed by atoms with Crippen molar-refractivity contribution in [2.24, 2.45) is 0 Å². The Morgan fingerprint density at radius 1 is 1.04 bits per heavy atom. The van der Waals surface area contributed by atoms with Gasteiger partial charge in [-0.15, -0.1) is 0 Å². The first-order valence-corrected chi connectivity index (χ1v) is 9.88. The highest BCUT2D eigenvalue weighted by Gasteiger charge is 2.24. The van der Waals surface area contributed by atoms with Crippen LogP contribution in [0.2, 0.25) is 0 Å². The molecule has 1 N–H and O–H groups in total. The van der Waals surface area contributed by atoms with E-state index in [2.05, 4.69) is 16.3 Å². The van der Waals surface area contributed by atoms with Crippen LogP contribution in [-0.4, -0.2) is 56.3 Å². The summed E-state index contributed by atoms with van der Waals surface area (Å²) < 4.78 is 11.9. The van der Waals surface area contributed by atoms with Gasteiger partial charge in [-0.3, -0.25) is 0 Å². The molecule has 1 fully saturated rings. The minimum atomic E-state index is -0.143. The van der Waals surface area contributed by atoms with Crippen LogP contribution in [0.5, 0.6) is 11.5 Å². The van der Waals surface area contributed by atoms with Crippen molar-refractivity contribution >= 4 is 38.4 Å². The normalized spacial score (nSPS) is 14.2. The van der Waals surface area contributed by atoms with Gasteiger partial charge in [-0.25, -0.2) is 9.78 Å². The molecule has 0 spiro atoms. The third kappa shape index (κ3) is 3.55. The van der Waals surface area contributed by atoms with Crippen LogP contribution in [0, 0.1) is 0 Å². The molecule has 8 heteroatoms. The lowest BCUT2D eigenvalue weighted by molar-refractivity contribution is 0.208. The van der Waals surface area contributed by atoms with E-state index in [1.165, 1.54) is 4.70 Å². The fourth-order valence-electron chi connectivity index (χ4n) is 3.28. The van der Waals surface area contributed by atoms with Gasteiger partial charge in [0.25, 0.3) is 0 Å². The Morgan fingerprint density at radius 3 is 2.54 bits per heavy atom. The number of hydrogen-bond donors (Lipinski definition) is 1. The molecule has 1 aliphatic heterocycles. The lowest BCUT2D eigenvalue weighted by atomic mass is 10.2. The number of piperazine rings is 1. The van der Waals surface area contributed by atoms with E-state index in [4.69, 9.17) is 14.5 Å². The predicted octanol–water partition coefficient (Wildman–Crippen LogP) is 3.67. The van der Waals surface area contributed by atoms with Crippen LogP contribution in [0.1, 0.15) is 0 Å². The SMILES string of the molecule is COc1cccc(NC(=O)N2CCN(c3nc4ccccc4s3)CC2)c1OC.